The quantitative estimate of drug-likeness (QED) is 0.706. The zero-order valence-corrected chi connectivity index (χ0v) is 17.9. The number of rotatable bonds is 5. The third-order valence-corrected chi connectivity index (χ3v) is 6.21. The highest BCUT2D eigenvalue weighted by molar-refractivity contribution is 5.89. The molecule has 3 heterocycles. The van der Waals surface area contributed by atoms with E-state index in [1.165, 1.54) is 0 Å². The summed E-state index contributed by atoms with van der Waals surface area (Å²) in [5.41, 5.74) is 2.17. The molecule has 0 unspecified atom stereocenters. The minimum absolute atomic E-state index is 0.0277. The fourth-order valence-corrected chi connectivity index (χ4v) is 4.42. The standard InChI is InChI=1S/C24H27N3O5/c28-23-16-30-15-20(27(23)14-18-4-2-1-3-5-18)24(29)26-10-8-25(9-11-26)13-19-6-7-21-22(12-19)32-17-31-21/h1-7,12,20H,8-11,13-17H2/t20-/m0/s1. The lowest BCUT2D eigenvalue weighted by molar-refractivity contribution is -0.160. The van der Waals surface area contributed by atoms with E-state index in [0.717, 1.165) is 42.3 Å². The molecule has 2 fully saturated rings. The van der Waals surface area contributed by atoms with Crippen molar-refractivity contribution in [1.82, 2.24) is 14.7 Å². The van der Waals surface area contributed by atoms with Crippen molar-refractivity contribution in [2.45, 2.75) is 19.1 Å². The van der Waals surface area contributed by atoms with Crippen LogP contribution in [0, 0.1) is 0 Å². The van der Waals surface area contributed by atoms with Crippen molar-refractivity contribution in [2.24, 2.45) is 0 Å². The van der Waals surface area contributed by atoms with Gasteiger partial charge in [-0.05, 0) is 23.3 Å². The fraction of sp³-hybridized carbons (Fsp3) is 0.417. The Morgan fingerprint density at radius 1 is 0.906 bits per heavy atom. The van der Waals surface area contributed by atoms with E-state index in [1.807, 2.05) is 47.4 Å². The predicted octanol–water partition coefficient (Wildman–Crippen LogP) is 1.49. The van der Waals surface area contributed by atoms with Crippen molar-refractivity contribution in [1.29, 1.82) is 0 Å². The van der Waals surface area contributed by atoms with Crippen LogP contribution in [0.1, 0.15) is 11.1 Å². The minimum Gasteiger partial charge on any atom is -0.454 e. The van der Waals surface area contributed by atoms with Gasteiger partial charge in [-0.15, -0.1) is 0 Å². The average Bonchev–Trinajstić information content (AvgIpc) is 3.29. The summed E-state index contributed by atoms with van der Waals surface area (Å²) in [7, 11) is 0. The number of benzene rings is 2. The van der Waals surface area contributed by atoms with Crippen LogP contribution >= 0.6 is 0 Å². The van der Waals surface area contributed by atoms with Crippen molar-refractivity contribution in [3.63, 3.8) is 0 Å². The molecule has 3 aliphatic rings. The molecule has 0 radical (unpaired) electrons. The lowest BCUT2D eigenvalue weighted by Crippen LogP contribution is -2.59. The molecule has 8 heteroatoms. The number of nitrogens with zero attached hydrogens (tertiary/aromatic N) is 3. The monoisotopic (exact) mass is 437 g/mol. The molecule has 0 N–H and O–H groups in total. The van der Waals surface area contributed by atoms with Crippen molar-refractivity contribution in [3.05, 3.63) is 59.7 Å². The number of fused-ring (bicyclic) bond motifs is 1. The third-order valence-electron chi connectivity index (χ3n) is 6.21. The summed E-state index contributed by atoms with van der Waals surface area (Å²) < 4.78 is 16.3. The molecule has 2 amide bonds. The lowest BCUT2D eigenvalue weighted by Gasteiger charge is -2.40. The predicted molar refractivity (Wildman–Crippen MR) is 116 cm³/mol. The topological polar surface area (TPSA) is 71.6 Å². The van der Waals surface area contributed by atoms with E-state index in [-0.39, 0.29) is 31.8 Å². The Hall–Kier alpha value is -3.10. The van der Waals surface area contributed by atoms with E-state index in [1.54, 1.807) is 4.90 Å². The number of carbonyl (C=O) groups is 2. The Morgan fingerprint density at radius 3 is 2.50 bits per heavy atom. The highest BCUT2D eigenvalue weighted by atomic mass is 16.7. The molecule has 0 spiro atoms. The molecule has 2 aromatic rings. The van der Waals surface area contributed by atoms with Gasteiger partial charge in [0, 0.05) is 39.3 Å². The minimum atomic E-state index is -0.572. The van der Waals surface area contributed by atoms with Crippen LogP contribution in [-0.4, -0.2) is 78.7 Å². The van der Waals surface area contributed by atoms with E-state index in [4.69, 9.17) is 14.2 Å². The SMILES string of the molecule is O=C([C@@H]1COCC(=O)N1Cc1ccccc1)N1CCN(Cc2ccc3c(c2)OCO3)CC1. The molecule has 0 saturated carbocycles. The van der Waals surface area contributed by atoms with Gasteiger partial charge >= 0.3 is 0 Å². The second-order valence-corrected chi connectivity index (χ2v) is 8.33. The smallest absolute Gasteiger partial charge is 0.249 e. The van der Waals surface area contributed by atoms with Gasteiger partial charge < -0.3 is 24.0 Å². The zero-order valence-electron chi connectivity index (χ0n) is 17.9. The van der Waals surface area contributed by atoms with Gasteiger partial charge in [-0.2, -0.15) is 0 Å². The molecule has 0 aliphatic carbocycles. The maximum absolute atomic E-state index is 13.3. The van der Waals surface area contributed by atoms with Crippen LogP contribution in [0.2, 0.25) is 0 Å². The summed E-state index contributed by atoms with van der Waals surface area (Å²) in [6.45, 7) is 4.58. The normalized spacial score (nSPS) is 21.1. The van der Waals surface area contributed by atoms with Gasteiger partial charge in [-0.25, -0.2) is 0 Å². The number of ether oxygens (including phenoxy) is 3. The first-order chi connectivity index (χ1) is 15.7. The van der Waals surface area contributed by atoms with Crippen LogP contribution in [0.25, 0.3) is 0 Å². The molecular weight excluding hydrogens is 410 g/mol. The van der Waals surface area contributed by atoms with Gasteiger partial charge in [-0.1, -0.05) is 36.4 Å². The first kappa shape index (κ1) is 20.8. The number of hydrogen-bond acceptors (Lipinski definition) is 6. The number of hydrogen-bond donors (Lipinski definition) is 0. The second-order valence-electron chi connectivity index (χ2n) is 8.33. The molecule has 1 atom stereocenters. The molecular formula is C24H27N3O5. The van der Waals surface area contributed by atoms with Gasteiger partial charge in [0.15, 0.2) is 11.5 Å². The van der Waals surface area contributed by atoms with E-state index in [2.05, 4.69) is 11.0 Å². The lowest BCUT2D eigenvalue weighted by atomic mass is 10.1. The Morgan fingerprint density at radius 2 is 1.69 bits per heavy atom. The number of carbonyl (C=O) groups excluding carboxylic acids is 2. The number of morpholine rings is 1. The van der Waals surface area contributed by atoms with Crippen molar-refractivity contribution >= 4 is 11.8 Å². The zero-order chi connectivity index (χ0) is 21.9. The van der Waals surface area contributed by atoms with Gasteiger partial charge in [0.05, 0.1) is 6.61 Å². The summed E-state index contributed by atoms with van der Waals surface area (Å²) in [6, 6.07) is 15.2. The summed E-state index contributed by atoms with van der Waals surface area (Å²) in [4.78, 5) is 31.7. The maximum Gasteiger partial charge on any atom is 0.249 e. The van der Waals surface area contributed by atoms with Crippen LogP contribution in [0.15, 0.2) is 48.5 Å². The largest absolute Gasteiger partial charge is 0.454 e. The summed E-state index contributed by atoms with van der Waals surface area (Å²) in [6.07, 6.45) is 0. The Bertz CT molecular complexity index is 975. The van der Waals surface area contributed by atoms with E-state index in [9.17, 15) is 9.59 Å². The molecule has 0 aromatic heterocycles. The van der Waals surface area contributed by atoms with Gasteiger partial charge in [0.2, 0.25) is 18.6 Å². The Labute approximate surface area is 187 Å². The van der Waals surface area contributed by atoms with Crippen molar-refractivity contribution in [2.75, 3.05) is 46.2 Å². The summed E-state index contributed by atoms with van der Waals surface area (Å²) in [5, 5.41) is 0. The van der Waals surface area contributed by atoms with E-state index < -0.39 is 6.04 Å². The Balaban J connectivity index is 1.19. The number of amides is 2. The van der Waals surface area contributed by atoms with Crippen LogP contribution in [0.3, 0.4) is 0 Å². The van der Waals surface area contributed by atoms with Crippen LogP contribution in [-0.2, 0) is 27.4 Å². The van der Waals surface area contributed by atoms with Crippen LogP contribution in [0.4, 0.5) is 0 Å². The highest BCUT2D eigenvalue weighted by Crippen LogP contribution is 2.32. The third kappa shape index (κ3) is 4.42. The first-order valence-corrected chi connectivity index (χ1v) is 11.0. The van der Waals surface area contributed by atoms with Crippen molar-refractivity contribution < 1.29 is 23.8 Å². The molecule has 2 aromatic carbocycles. The average molecular weight is 437 g/mol. The van der Waals surface area contributed by atoms with Gasteiger partial charge in [0.1, 0.15) is 12.6 Å². The molecule has 2 saturated heterocycles. The first-order valence-electron chi connectivity index (χ1n) is 11.0. The molecule has 5 rings (SSSR count). The molecule has 168 valence electrons. The van der Waals surface area contributed by atoms with Crippen LogP contribution in [0.5, 0.6) is 11.5 Å². The molecule has 0 bridgehead atoms. The van der Waals surface area contributed by atoms with Crippen LogP contribution < -0.4 is 9.47 Å². The summed E-state index contributed by atoms with van der Waals surface area (Å²) >= 11 is 0. The van der Waals surface area contributed by atoms with Gasteiger partial charge in [-0.3, -0.25) is 14.5 Å². The van der Waals surface area contributed by atoms with E-state index >= 15 is 0 Å². The molecule has 8 nitrogen and oxygen atoms in total. The van der Waals surface area contributed by atoms with Gasteiger partial charge in [0.25, 0.3) is 0 Å². The Kier molecular flexibility index (Phi) is 5.96. The van der Waals surface area contributed by atoms with E-state index in [0.29, 0.717) is 19.6 Å². The summed E-state index contributed by atoms with van der Waals surface area (Å²) in [5.74, 6) is 1.40. The van der Waals surface area contributed by atoms with Crippen molar-refractivity contribution in [3.8, 4) is 11.5 Å². The fourth-order valence-electron chi connectivity index (χ4n) is 4.42. The molecule has 3 aliphatic heterocycles. The second kappa shape index (κ2) is 9.18. The molecule has 32 heavy (non-hydrogen) atoms. The highest BCUT2D eigenvalue weighted by Gasteiger charge is 2.37. The maximum atomic E-state index is 13.3. The number of piperazine rings is 1.